The largest absolute Gasteiger partial charge is 0.455 e. The first-order valence-electron chi connectivity index (χ1n) is 11.5. The van der Waals surface area contributed by atoms with Gasteiger partial charge in [0.05, 0.1) is 4.47 Å². The van der Waals surface area contributed by atoms with E-state index in [2.05, 4.69) is 59.8 Å². The Balaban J connectivity index is 1.56. The number of unbranched alkanes of at least 4 members (excludes halogenated alkanes) is 1. The first-order chi connectivity index (χ1) is 17.5. The monoisotopic (exact) mass is 567 g/mol. The minimum atomic E-state index is -0.262. The Morgan fingerprint density at radius 3 is 2.75 bits per heavy atom. The molecule has 2 N–H and O–H groups in total. The standard InChI is InChI=1S/C25H23BrClN7O2/c1-3-4-9-19-29-23(27)21(25(35)28-2)34(19)13-14-10-11-18-17(12-14)20(26)22(36-18)15-7-5-6-8-16(15)24-30-32-33-31-24/h5-8,10-12H,3-4,9,13H2,1-2H3,(H,28,35)(H,30,31,32,33). The number of nitrogens with zero attached hydrogens (tertiary/aromatic N) is 5. The maximum Gasteiger partial charge on any atom is 0.270 e. The van der Waals surface area contributed by atoms with Crippen molar-refractivity contribution in [1.82, 2.24) is 35.5 Å². The van der Waals surface area contributed by atoms with Crippen LogP contribution in [0.15, 0.2) is 51.4 Å². The third-order valence-electron chi connectivity index (χ3n) is 6.00. The number of carbonyl (C=O) groups excluding carboxylic acids is 1. The van der Waals surface area contributed by atoms with Crippen LogP contribution in [0, 0.1) is 0 Å². The van der Waals surface area contributed by atoms with E-state index in [1.807, 2.05) is 41.0 Å². The van der Waals surface area contributed by atoms with E-state index in [0.717, 1.165) is 57.2 Å². The highest BCUT2D eigenvalue weighted by Gasteiger charge is 2.23. The average Bonchev–Trinajstić information content (AvgIpc) is 3.61. The molecule has 3 aromatic heterocycles. The van der Waals surface area contributed by atoms with Gasteiger partial charge in [0.2, 0.25) is 0 Å². The summed E-state index contributed by atoms with van der Waals surface area (Å²) < 4.78 is 8.98. The molecular formula is C25H23BrClN7O2. The van der Waals surface area contributed by atoms with Crippen molar-refractivity contribution in [1.29, 1.82) is 0 Å². The van der Waals surface area contributed by atoms with E-state index in [4.69, 9.17) is 16.0 Å². The van der Waals surface area contributed by atoms with Gasteiger partial charge in [-0.2, -0.15) is 0 Å². The zero-order chi connectivity index (χ0) is 25.2. The zero-order valence-electron chi connectivity index (χ0n) is 19.7. The molecule has 0 aliphatic carbocycles. The molecule has 1 amide bonds. The number of nitrogens with one attached hydrogen (secondary N) is 2. The number of hydrogen-bond acceptors (Lipinski definition) is 6. The van der Waals surface area contributed by atoms with E-state index in [0.29, 0.717) is 23.8 Å². The molecule has 9 nitrogen and oxygen atoms in total. The molecule has 0 atom stereocenters. The summed E-state index contributed by atoms with van der Waals surface area (Å²) in [4.78, 5) is 17.1. The van der Waals surface area contributed by atoms with Gasteiger partial charge in [-0.05, 0) is 50.5 Å². The summed E-state index contributed by atoms with van der Waals surface area (Å²) >= 11 is 10.1. The maximum atomic E-state index is 12.6. The number of aryl methyl sites for hydroxylation is 1. The van der Waals surface area contributed by atoms with E-state index < -0.39 is 0 Å². The Kier molecular flexibility index (Phi) is 6.88. The summed E-state index contributed by atoms with van der Waals surface area (Å²) in [5.74, 6) is 1.76. The molecule has 0 aliphatic heterocycles. The van der Waals surface area contributed by atoms with Crippen molar-refractivity contribution in [3.63, 3.8) is 0 Å². The first-order valence-corrected chi connectivity index (χ1v) is 12.7. The van der Waals surface area contributed by atoms with Crippen molar-refractivity contribution in [2.24, 2.45) is 0 Å². The molecule has 5 aromatic rings. The Morgan fingerprint density at radius 1 is 1.22 bits per heavy atom. The minimum absolute atomic E-state index is 0.215. The number of fused-ring (bicyclic) bond motifs is 1. The van der Waals surface area contributed by atoms with Crippen LogP contribution in [0.2, 0.25) is 5.15 Å². The lowest BCUT2D eigenvalue weighted by Crippen LogP contribution is -2.23. The molecule has 0 spiro atoms. The third kappa shape index (κ3) is 4.42. The number of hydrogen-bond donors (Lipinski definition) is 2. The summed E-state index contributed by atoms with van der Waals surface area (Å²) in [7, 11) is 1.59. The number of benzene rings is 2. The lowest BCUT2D eigenvalue weighted by molar-refractivity contribution is 0.0954. The van der Waals surface area contributed by atoms with Crippen LogP contribution in [0.3, 0.4) is 0 Å². The topological polar surface area (TPSA) is 115 Å². The molecule has 3 heterocycles. The summed E-state index contributed by atoms with van der Waals surface area (Å²) in [6, 6.07) is 13.7. The number of aromatic nitrogens is 6. The van der Waals surface area contributed by atoms with E-state index in [9.17, 15) is 4.79 Å². The fraction of sp³-hybridized carbons (Fsp3) is 0.240. The molecule has 0 radical (unpaired) electrons. The number of furan rings is 1. The Bertz CT molecular complexity index is 1540. The quantitative estimate of drug-likeness (QED) is 0.250. The van der Waals surface area contributed by atoms with Crippen LogP contribution in [-0.2, 0) is 13.0 Å². The predicted octanol–water partition coefficient (Wildman–Crippen LogP) is 5.64. The third-order valence-corrected chi connectivity index (χ3v) is 7.06. The number of aromatic amines is 1. The van der Waals surface area contributed by atoms with Gasteiger partial charge in [0, 0.05) is 36.5 Å². The lowest BCUT2D eigenvalue weighted by Gasteiger charge is -2.12. The van der Waals surface area contributed by atoms with E-state index >= 15 is 0 Å². The van der Waals surface area contributed by atoms with Crippen molar-refractivity contribution in [2.45, 2.75) is 32.7 Å². The molecule has 0 bridgehead atoms. The van der Waals surface area contributed by atoms with Crippen LogP contribution >= 0.6 is 27.5 Å². The average molecular weight is 569 g/mol. The number of amides is 1. The van der Waals surface area contributed by atoms with Crippen molar-refractivity contribution in [3.05, 3.63) is 69.2 Å². The van der Waals surface area contributed by atoms with Crippen LogP contribution in [0.4, 0.5) is 0 Å². The molecule has 5 rings (SSSR count). The Hall–Kier alpha value is -3.50. The number of rotatable bonds is 8. The van der Waals surface area contributed by atoms with Gasteiger partial charge in [-0.15, -0.1) is 5.10 Å². The highest BCUT2D eigenvalue weighted by atomic mass is 79.9. The molecule has 36 heavy (non-hydrogen) atoms. The molecule has 2 aromatic carbocycles. The molecule has 0 saturated heterocycles. The fourth-order valence-corrected chi connectivity index (χ4v) is 5.12. The zero-order valence-corrected chi connectivity index (χ0v) is 22.0. The molecular weight excluding hydrogens is 546 g/mol. The van der Waals surface area contributed by atoms with Gasteiger partial charge < -0.3 is 14.3 Å². The molecule has 0 unspecified atom stereocenters. The van der Waals surface area contributed by atoms with Gasteiger partial charge in [0.1, 0.15) is 22.9 Å². The van der Waals surface area contributed by atoms with Gasteiger partial charge in [0.15, 0.2) is 11.0 Å². The van der Waals surface area contributed by atoms with Crippen LogP contribution in [0.5, 0.6) is 0 Å². The van der Waals surface area contributed by atoms with Crippen LogP contribution in [0.25, 0.3) is 33.7 Å². The van der Waals surface area contributed by atoms with Gasteiger partial charge in [-0.1, -0.05) is 55.3 Å². The number of H-pyrrole nitrogens is 1. The molecule has 184 valence electrons. The number of carbonyl (C=O) groups is 1. The summed E-state index contributed by atoms with van der Waals surface area (Å²) in [5.41, 5.74) is 3.76. The van der Waals surface area contributed by atoms with Gasteiger partial charge in [-0.3, -0.25) is 4.79 Å². The Labute approximate surface area is 220 Å². The van der Waals surface area contributed by atoms with Crippen LogP contribution in [-0.4, -0.2) is 43.1 Å². The number of tetrazole rings is 1. The molecule has 0 aliphatic rings. The second-order valence-electron chi connectivity index (χ2n) is 8.31. The molecule has 0 saturated carbocycles. The summed E-state index contributed by atoms with van der Waals surface area (Å²) in [6.07, 6.45) is 2.71. The minimum Gasteiger partial charge on any atom is -0.455 e. The highest BCUT2D eigenvalue weighted by Crippen LogP contribution is 2.41. The molecule has 0 fully saturated rings. The predicted molar refractivity (Wildman–Crippen MR) is 141 cm³/mol. The van der Waals surface area contributed by atoms with E-state index in [1.165, 1.54) is 0 Å². The van der Waals surface area contributed by atoms with Crippen molar-refractivity contribution in [2.75, 3.05) is 7.05 Å². The van der Waals surface area contributed by atoms with Crippen LogP contribution in [0.1, 0.15) is 41.6 Å². The van der Waals surface area contributed by atoms with Crippen molar-refractivity contribution < 1.29 is 9.21 Å². The smallest absolute Gasteiger partial charge is 0.270 e. The second-order valence-corrected chi connectivity index (χ2v) is 9.46. The maximum absolute atomic E-state index is 12.6. The van der Waals surface area contributed by atoms with Crippen molar-refractivity contribution in [3.8, 4) is 22.7 Å². The van der Waals surface area contributed by atoms with Gasteiger partial charge in [-0.25, -0.2) is 10.1 Å². The summed E-state index contributed by atoms with van der Waals surface area (Å²) in [5, 5.41) is 18.1. The van der Waals surface area contributed by atoms with Crippen molar-refractivity contribution >= 4 is 44.4 Å². The van der Waals surface area contributed by atoms with E-state index in [1.54, 1.807) is 7.05 Å². The second kappa shape index (κ2) is 10.2. The fourth-order valence-electron chi connectivity index (χ4n) is 4.23. The molecule has 11 heteroatoms. The van der Waals surface area contributed by atoms with Gasteiger partial charge in [0.25, 0.3) is 5.91 Å². The lowest BCUT2D eigenvalue weighted by atomic mass is 10.0. The van der Waals surface area contributed by atoms with Gasteiger partial charge >= 0.3 is 0 Å². The van der Waals surface area contributed by atoms with E-state index in [-0.39, 0.29) is 11.1 Å². The SMILES string of the molecule is CCCCc1nc(Cl)c(C(=O)NC)n1Cc1ccc2oc(-c3ccccc3-c3nnn[nH]3)c(Br)c2c1. The number of imidazole rings is 1. The highest BCUT2D eigenvalue weighted by molar-refractivity contribution is 9.10. The van der Waals surface area contributed by atoms with Crippen LogP contribution < -0.4 is 5.32 Å². The number of halogens is 2. The normalized spacial score (nSPS) is 11.3. The Morgan fingerprint density at radius 2 is 2.03 bits per heavy atom. The first kappa shape index (κ1) is 24.2. The summed E-state index contributed by atoms with van der Waals surface area (Å²) in [6.45, 7) is 2.57.